The number of hydrogen-bond donors (Lipinski definition) is 1. The van der Waals surface area contributed by atoms with Gasteiger partial charge in [0.05, 0.1) is 0 Å². The molecule has 1 N–H and O–H groups in total. The zero-order chi connectivity index (χ0) is 17.1. The predicted molar refractivity (Wildman–Crippen MR) is 91.9 cm³/mol. The second-order valence-corrected chi connectivity index (χ2v) is 6.11. The molecule has 0 radical (unpaired) electrons. The number of nitrogens with zero attached hydrogens (tertiary/aromatic N) is 2. The Kier molecular flexibility index (Phi) is 4.98. The third-order valence-corrected chi connectivity index (χ3v) is 3.82. The van der Waals surface area contributed by atoms with Crippen LogP contribution in [0.5, 0.6) is 0 Å². The highest BCUT2D eigenvalue weighted by Crippen LogP contribution is 2.27. The van der Waals surface area contributed by atoms with Gasteiger partial charge < -0.3 is 5.32 Å². The standard InChI is InChI=1S/C18H23N3O2/c1-11(2)15-8-6-7-12(3)18(15)20-16(22)10-21-14(5)19-13(4)9-17(21)23/h6-9,11H,10H2,1-5H3,(H,20,22). The number of rotatable bonds is 4. The summed E-state index contributed by atoms with van der Waals surface area (Å²) < 4.78 is 1.38. The van der Waals surface area contributed by atoms with Gasteiger partial charge in [0, 0.05) is 17.4 Å². The molecule has 0 saturated carbocycles. The first-order valence-corrected chi connectivity index (χ1v) is 7.74. The predicted octanol–water partition coefficient (Wildman–Crippen LogP) is 2.93. The lowest BCUT2D eigenvalue weighted by Gasteiger charge is -2.17. The molecule has 1 aromatic carbocycles. The van der Waals surface area contributed by atoms with E-state index >= 15 is 0 Å². The maximum absolute atomic E-state index is 12.4. The van der Waals surface area contributed by atoms with Crippen LogP contribution in [0.3, 0.4) is 0 Å². The molecule has 0 aliphatic carbocycles. The van der Waals surface area contributed by atoms with Crippen molar-refractivity contribution in [1.82, 2.24) is 9.55 Å². The lowest BCUT2D eigenvalue weighted by molar-refractivity contribution is -0.116. The summed E-state index contributed by atoms with van der Waals surface area (Å²) in [5.41, 5.74) is 3.38. The van der Waals surface area contributed by atoms with E-state index in [0.29, 0.717) is 17.4 Å². The summed E-state index contributed by atoms with van der Waals surface area (Å²) in [6.45, 7) is 9.60. The zero-order valence-corrected chi connectivity index (χ0v) is 14.3. The van der Waals surface area contributed by atoms with E-state index in [1.54, 1.807) is 13.8 Å². The van der Waals surface area contributed by atoms with Gasteiger partial charge in [-0.25, -0.2) is 4.98 Å². The Bertz CT molecular complexity index is 791. The number of benzene rings is 1. The first kappa shape index (κ1) is 16.9. The second-order valence-electron chi connectivity index (χ2n) is 6.11. The van der Waals surface area contributed by atoms with Gasteiger partial charge in [-0.3, -0.25) is 14.2 Å². The van der Waals surface area contributed by atoms with Crippen molar-refractivity contribution >= 4 is 11.6 Å². The summed E-state index contributed by atoms with van der Waals surface area (Å²) in [5.74, 6) is 0.617. The molecule has 1 aromatic heterocycles. The fourth-order valence-corrected chi connectivity index (χ4v) is 2.62. The van der Waals surface area contributed by atoms with Gasteiger partial charge in [-0.15, -0.1) is 0 Å². The molecule has 2 aromatic rings. The van der Waals surface area contributed by atoms with Gasteiger partial charge in [-0.1, -0.05) is 32.0 Å². The van der Waals surface area contributed by atoms with Gasteiger partial charge >= 0.3 is 0 Å². The largest absolute Gasteiger partial charge is 0.324 e. The summed E-state index contributed by atoms with van der Waals surface area (Å²) in [7, 11) is 0. The van der Waals surface area contributed by atoms with Crippen molar-refractivity contribution in [3.63, 3.8) is 0 Å². The minimum Gasteiger partial charge on any atom is -0.324 e. The van der Waals surface area contributed by atoms with Crippen LogP contribution in [0.25, 0.3) is 0 Å². The molecular weight excluding hydrogens is 290 g/mol. The maximum Gasteiger partial charge on any atom is 0.254 e. The van der Waals surface area contributed by atoms with Crippen LogP contribution in [0.4, 0.5) is 5.69 Å². The van der Waals surface area contributed by atoms with Gasteiger partial charge in [0.1, 0.15) is 12.4 Å². The van der Waals surface area contributed by atoms with E-state index < -0.39 is 0 Å². The molecule has 5 heteroatoms. The van der Waals surface area contributed by atoms with Crippen LogP contribution in [0.2, 0.25) is 0 Å². The summed E-state index contributed by atoms with van der Waals surface area (Å²) in [6.07, 6.45) is 0. The Labute approximate surface area is 136 Å². The third kappa shape index (κ3) is 3.86. The molecule has 0 aliphatic rings. The van der Waals surface area contributed by atoms with E-state index in [4.69, 9.17) is 0 Å². The van der Waals surface area contributed by atoms with Crippen LogP contribution in [0.15, 0.2) is 29.1 Å². The van der Waals surface area contributed by atoms with Crippen molar-refractivity contribution in [3.05, 3.63) is 57.3 Å². The van der Waals surface area contributed by atoms with Crippen LogP contribution < -0.4 is 10.9 Å². The highest BCUT2D eigenvalue weighted by Gasteiger charge is 2.14. The Hall–Kier alpha value is -2.43. The molecule has 1 amide bonds. The van der Waals surface area contributed by atoms with Gasteiger partial charge in [-0.2, -0.15) is 0 Å². The lowest BCUT2D eigenvalue weighted by atomic mass is 9.98. The quantitative estimate of drug-likeness (QED) is 0.944. The number of amides is 1. The van der Waals surface area contributed by atoms with Crippen LogP contribution >= 0.6 is 0 Å². The molecule has 0 bridgehead atoms. The molecule has 2 rings (SSSR count). The number of aryl methyl sites for hydroxylation is 3. The Balaban J connectivity index is 2.27. The maximum atomic E-state index is 12.4. The van der Waals surface area contributed by atoms with Gasteiger partial charge in [0.15, 0.2) is 0 Å². The van der Waals surface area contributed by atoms with Crippen LogP contribution in [0, 0.1) is 20.8 Å². The molecule has 1 heterocycles. The minimum atomic E-state index is -0.225. The van der Waals surface area contributed by atoms with Crippen molar-refractivity contribution < 1.29 is 4.79 Å². The van der Waals surface area contributed by atoms with Crippen LogP contribution in [0.1, 0.15) is 42.4 Å². The van der Waals surface area contributed by atoms with Crippen molar-refractivity contribution in [1.29, 1.82) is 0 Å². The smallest absolute Gasteiger partial charge is 0.254 e. The van der Waals surface area contributed by atoms with Crippen molar-refractivity contribution in [3.8, 4) is 0 Å². The highest BCUT2D eigenvalue weighted by atomic mass is 16.2. The van der Waals surface area contributed by atoms with E-state index in [-0.39, 0.29) is 18.0 Å². The molecule has 122 valence electrons. The van der Waals surface area contributed by atoms with Gasteiger partial charge in [0.25, 0.3) is 5.56 Å². The molecule has 5 nitrogen and oxygen atoms in total. The fraction of sp³-hybridized carbons (Fsp3) is 0.389. The number of carbonyl (C=O) groups excluding carboxylic acids is 1. The molecule has 0 unspecified atom stereocenters. The monoisotopic (exact) mass is 313 g/mol. The summed E-state index contributed by atoms with van der Waals surface area (Å²) >= 11 is 0. The van der Waals surface area contributed by atoms with Gasteiger partial charge in [-0.05, 0) is 37.8 Å². The van der Waals surface area contributed by atoms with E-state index in [2.05, 4.69) is 24.1 Å². The van der Waals surface area contributed by atoms with Crippen molar-refractivity contribution in [2.45, 2.75) is 47.1 Å². The molecule has 0 atom stereocenters. The minimum absolute atomic E-state index is 0.0379. The van der Waals surface area contributed by atoms with E-state index in [1.165, 1.54) is 10.6 Å². The zero-order valence-electron chi connectivity index (χ0n) is 14.3. The normalized spacial score (nSPS) is 10.9. The van der Waals surface area contributed by atoms with Crippen LogP contribution in [-0.2, 0) is 11.3 Å². The summed E-state index contributed by atoms with van der Waals surface area (Å²) in [6, 6.07) is 7.40. The highest BCUT2D eigenvalue weighted by molar-refractivity contribution is 5.92. The molecular formula is C18H23N3O2. The SMILES string of the molecule is Cc1cc(=O)n(CC(=O)Nc2c(C)cccc2C(C)C)c(C)n1. The number of aromatic nitrogens is 2. The van der Waals surface area contributed by atoms with Crippen molar-refractivity contribution in [2.24, 2.45) is 0 Å². The Morgan fingerprint density at radius 3 is 2.57 bits per heavy atom. The Morgan fingerprint density at radius 2 is 1.96 bits per heavy atom. The number of carbonyl (C=O) groups is 1. The number of hydrogen-bond acceptors (Lipinski definition) is 3. The van der Waals surface area contributed by atoms with Crippen molar-refractivity contribution in [2.75, 3.05) is 5.32 Å². The van der Waals surface area contributed by atoms with Crippen LogP contribution in [-0.4, -0.2) is 15.5 Å². The summed E-state index contributed by atoms with van der Waals surface area (Å²) in [4.78, 5) is 28.7. The van der Waals surface area contributed by atoms with E-state index in [0.717, 1.165) is 16.8 Å². The first-order valence-electron chi connectivity index (χ1n) is 7.74. The van der Waals surface area contributed by atoms with Gasteiger partial charge in [0.2, 0.25) is 5.91 Å². The van der Waals surface area contributed by atoms with E-state index in [1.807, 2.05) is 25.1 Å². The number of para-hydroxylation sites is 1. The average Bonchev–Trinajstić information content (AvgIpc) is 2.44. The Morgan fingerprint density at radius 1 is 1.26 bits per heavy atom. The number of nitrogens with one attached hydrogen (secondary N) is 1. The van der Waals surface area contributed by atoms with E-state index in [9.17, 15) is 9.59 Å². The third-order valence-electron chi connectivity index (χ3n) is 3.82. The lowest BCUT2D eigenvalue weighted by Crippen LogP contribution is -2.30. The topological polar surface area (TPSA) is 64.0 Å². The fourth-order valence-electron chi connectivity index (χ4n) is 2.62. The summed E-state index contributed by atoms with van der Waals surface area (Å²) in [5, 5.41) is 2.95. The first-order chi connectivity index (χ1) is 10.8. The molecule has 0 spiro atoms. The molecule has 0 aliphatic heterocycles. The molecule has 23 heavy (non-hydrogen) atoms. The second kappa shape index (κ2) is 6.77. The molecule has 0 saturated heterocycles. The average molecular weight is 313 g/mol. The number of anilines is 1. The molecule has 0 fully saturated rings.